The largest absolute Gasteiger partial charge is 0.462 e. The molecule has 1 amide bonds. The molecule has 1 N–H and O–H groups in total. The van der Waals surface area contributed by atoms with E-state index < -0.39 is 0 Å². The van der Waals surface area contributed by atoms with Crippen molar-refractivity contribution in [1.29, 1.82) is 0 Å². The molecule has 1 aliphatic heterocycles. The molecule has 0 bridgehead atoms. The summed E-state index contributed by atoms with van der Waals surface area (Å²) in [4.78, 5) is 24.5. The summed E-state index contributed by atoms with van der Waals surface area (Å²) in [6.45, 7) is 8.75. The second-order valence-electron chi connectivity index (χ2n) is 7.16. The Labute approximate surface area is 177 Å². The van der Waals surface area contributed by atoms with E-state index in [4.69, 9.17) is 4.74 Å². The van der Waals surface area contributed by atoms with Crippen molar-refractivity contribution in [2.45, 2.75) is 39.8 Å². The van der Waals surface area contributed by atoms with Crippen molar-refractivity contribution >= 4 is 22.8 Å². The fourth-order valence-electron chi connectivity index (χ4n) is 3.69. The molecule has 1 aliphatic rings. The lowest BCUT2D eigenvalue weighted by Crippen LogP contribution is -2.22. The first-order valence-electron chi connectivity index (χ1n) is 10.3. The van der Waals surface area contributed by atoms with E-state index in [9.17, 15) is 9.59 Å². The minimum atomic E-state index is -0.331. The highest BCUT2D eigenvalue weighted by Crippen LogP contribution is 2.29. The van der Waals surface area contributed by atoms with E-state index in [0.717, 1.165) is 35.9 Å². The van der Waals surface area contributed by atoms with Crippen molar-refractivity contribution in [3.63, 3.8) is 0 Å². The molecule has 5 nitrogen and oxygen atoms in total. The molecule has 156 valence electrons. The van der Waals surface area contributed by atoms with Crippen molar-refractivity contribution < 1.29 is 14.3 Å². The fourth-order valence-corrected chi connectivity index (χ4v) is 3.69. The van der Waals surface area contributed by atoms with Crippen LogP contribution in [0.15, 0.2) is 61.3 Å². The molecule has 0 radical (unpaired) electrons. The summed E-state index contributed by atoms with van der Waals surface area (Å²) in [7, 11) is 0. The van der Waals surface area contributed by atoms with Gasteiger partial charge in [0.1, 0.15) is 0 Å². The Balaban J connectivity index is 0.000000806. The summed E-state index contributed by atoms with van der Waals surface area (Å²) in [6.07, 6.45) is 5.89. The number of nitrogens with zero attached hydrogens (tertiary/aromatic N) is 1. The van der Waals surface area contributed by atoms with Crippen LogP contribution in [0.5, 0.6) is 0 Å². The fraction of sp³-hybridized carbons (Fsp3) is 0.280. The average molecular weight is 405 g/mol. The van der Waals surface area contributed by atoms with E-state index >= 15 is 0 Å². The van der Waals surface area contributed by atoms with Crippen LogP contribution in [0.2, 0.25) is 0 Å². The van der Waals surface area contributed by atoms with Gasteiger partial charge in [-0.25, -0.2) is 4.79 Å². The van der Waals surface area contributed by atoms with Crippen LogP contribution < -0.4 is 5.32 Å². The van der Waals surface area contributed by atoms with Gasteiger partial charge in [0.05, 0.1) is 23.3 Å². The standard InChI is InChI=1S/C22H22N2O3.C3H6/c1-2-27-22(26)17-10-8-15(9-11-17)13-23-21(25)19-14-24-12-4-6-16-5-3-7-18(19)20(16)24;1-3-2/h3,5,7-11,14H,2,4,6,12-13H2,1H3,(H,23,25);3H,1H2,2H3. The number of carbonyl (C=O) groups is 2. The summed E-state index contributed by atoms with van der Waals surface area (Å²) >= 11 is 0. The van der Waals surface area contributed by atoms with Crippen molar-refractivity contribution in [2.24, 2.45) is 0 Å². The van der Waals surface area contributed by atoms with Gasteiger partial charge in [0, 0.05) is 24.7 Å². The molecule has 0 unspecified atom stereocenters. The highest BCUT2D eigenvalue weighted by atomic mass is 16.5. The van der Waals surface area contributed by atoms with Gasteiger partial charge in [0.15, 0.2) is 0 Å². The zero-order valence-electron chi connectivity index (χ0n) is 17.6. The second kappa shape index (κ2) is 9.92. The van der Waals surface area contributed by atoms with Crippen molar-refractivity contribution in [3.05, 3.63) is 83.6 Å². The molecule has 0 aliphatic carbocycles. The number of esters is 1. The van der Waals surface area contributed by atoms with E-state index in [1.807, 2.05) is 37.4 Å². The lowest BCUT2D eigenvalue weighted by molar-refractivity contribution is 0.0526. The first-order chi connectivity index (χ1) is 14.6. The molecular formula is C25H28N2O3. The minimum Gasteiger partial charge on any atom is -0.462 e. The number of aromatic nitrogens is 1. The van der Waals surface area contributed by atoms with E-state index in [-0.39, 0.29) is 11.9 Å². The predicted octanol–water partition coefficient (Wildman–Crippen LogP) is 4.89. The van der Waals surface area contributed by atoms with E-state index in [0.29, 0.717) is 18.7 Å². The van der Waals surface area contributed by atoms with E-state index in [1.165, 1.54) is 11.1 Å². The van der Waals surface area contributed by atoms with E-state index in [1.54, 1.807) is 25.1 Å². The molecule has 0 saturated carbocycles. The van der Waals surface area contributed by atoms with Crippen LogP contribution in [-0.4, -0.2) is 23.1 Å². The van der Waals surface area contributed by atoms with Gasteiger partial charge in [-0.2, -0.15) is 0 Å². The summed E-state index contributed by atoms with van der Waals surface area (Å²) in [5.74, 6) is -0.408. The average Bonchev–Trinajstić information content (AvgIpc) is 3.14. The Morgan fingerprint density at radius 3 is 2.63 bits per heavy atom. The second-order valence-corrected chi connectivity index (χ2v) is 7.16. The van der Waals surface area contributed by atoms with Gasteiger partial charge in [-0.05, 0) is 49.9 Å². The minimum absolute atomic E-state index is 0.0766. The Bertz CT molecular complexity index is 1050. The zero-order valence-corrected chi connectivity index (χ0v) is 17.6. The van der Waals surface area contributed by atoms with Gasteiger partial charge in [-0.3, -0.25) is 4.79 Å². The molecule has 0 spiro atoms. The number of amides is 1. The first-order valence-corrected chi connectivity index (χ1v) is 10.3. The third-order valence-electron chi connectivity index (χ3n) is 4.99. The lowest BCUT2D eigenvalue weighted by atomic mass is 10.0. The predicted molar refractivity (Wildman–Crippen MR) is 120 cm³/mol. The molecule has 2 heterocycles. The monoisotopic (exact) mass is 404 g/mol. The van der Waals surface area contributed by atoms with Crippen LogP contribution in [0.25, 0.3) is 10.9 Å². The number of hydrogen-bond donors (Lipinski definition) is 1. The van der Waals surface area contributed by atoms with Crippen molar-refractivity contribution in [2.75, 3.05) is 6.61 Å². The third kappa shape index (κ3) is 4.62. The molecule has 4 rings (SSSR count). The topological polar surface area (TPSA) is 60.3 Å². The number of para-hydroxylation sites is 1. The molecule has 5 heteroatoms. The normalized spacial score (nSPS) is 11.9. The highest BCUT2D eigenvalue weighted by Gasteiger charge is 2.19. The maximum absolute atomic E-state index is 12.8. The van der Waals surface area contributed by atoms with Gasteiger partial charge in [0.25, 0.3) is 5.91 Å². The van der Waals surface area contributed by atoms with Crippen LogP contribution in [0.3, 0.4) is 0 Å². The number of nitrogens with one attached hydrogen (secondary N) is 1. The molecule has 30 heavy (non-hydrogen) atoms. The summed E-state index contributed by atoms with van der Waals surface area (Å²) in [5.41, 5.74) is 4.67. The Morgan fingerprint density at radius 1 is 1.20 bits per heavy atom. The van der Waals surface area contributed by atoms with Crippen LogP contribution >= 0.6 is 0 Å². The number of rotatable bonds is 5. The molecule has 1 aromatic heterocycles. The molecule has 2 aromatic carbocycles. The van der Waals surface area contributed by atoms with Crippen LogP contribution in [0.4, 0.5) is 0 Å². The maximum Gasteiger partial charge on any atom is 0.338 e. The summed E-state index contributed by atoms with van der Waals surface area (Å²) in [5, 5.41) is 4.01. The van der Waals surface area contributed by atoms with Crippen molar-refractivity contribution in [3.8, 4) is 0 Å². The molecule has 0 atom stereocenters. The first kappa shape index (κ1) is 21.4. The van der Waals surface area contributed by atoms with Crippen LogP contribution in [0.1, 0.15) is 52.1 Å². The Morgan fingerprint density at radius 2 is 1.93 bits per heavy atom. The quantitative estimate of drug-likeness (QED) is 0.487. The number of benzene rings is 2. The summed E-state index contributed by atoms with van der Waals surface area (Å²) < 4.78 is 7.17. The van der Waals surface area contributed by atoms with Gasteiger partial charge in [0.2, 0.25) is 0 Å². The van der Waals surface area contributed by atoms with Crippen molar-refractivity contribution in [1.82, 2.24) is 9.88 Å². The number of aryl methyl sites for hydroxylation is 2. The van der Waals surface area contributed by atoms with Crippen LogP contribution in [-0.2, 0) is 24.2 Å². The highest BCUT2D eigenvalue weighted by molar-refractivity contribution is 6.07. The smallest absolute Gasteiger partial charge is 0.338 e. The molecular weight excluding hydrogens is 376 g/mol. The Kier molecular flexibility index (Phi) is 7.07. The lowest BCUT2D eigenvalue weighted by Gasteiger charge is -2.14. The third-order valence-corrected chi connectivity index (χ3v) is 4.99. The zero-order chi connectivity index (χ0) is 21.5. The molecule has 0 fully saturated rings. The van der Waals surface area contributed by atoms with Gasteiger partial charge in [-0.15, -0.1) is 6.58 Å². The van der Waals surface area contributed by atoms with Crippen LogP contribution in [0, 0.1) is 0 Å². The maximum atomic E-state index is 12.8. The molecule has 3 aromatic rings. The number of hydrogen-bond acceptors (Lipinski definition) is 3. The van der Waals surface area contributed by atoms with Gasteiger partial charge >= 0.3 is 5.97 Å². The number of allylic oxidation sites excluding steroid dienone is 1. The SMILES string of the molecule is C=CC.CCOC(=O)c1ccc(CNC(=O)c2cn3c4c(cccc24)CCC3)cc1. The molecule has 0 saturated heterocycles. The summed E-state index contributed by atoms with van der Waals surface area (Å²) in [6, 6.07) is 13.3. The van der Waals surface area contributed by atoms with Gasteiger partial charge < -0.3 is 14.6 Å². The van der Waals surface area contributed by atoms with E-state index in [2.05, 4.69) is 22.5 Å². The number of carbonyl (C=O) groups excluding carboxylic acids is 2. The number of ether oxygens (including phenoxy) is 1. The van der Waals surface area contributed by atoms with Gasteiger partial charge in [-0.1, -0.05) is 36.4 Å². The Hall–Kier alpha value is -3.34.